The molecule has 2 N–H and O–H groups in total. The summed E-state index contributed by atoms with van der Waals surface area (Å²) in [5, 5.41) is 8.81. The summed E-state index contributed by atoms with van der Waals surface area (Å²) in [6, 6.07) is 2.13. The standard InChI is InChI=1S/C10H14ClN5/c1-6(4-5-12)16(3)9-8(13)7(2)14-10(11)15-9/h6H,4,13H2,1-3H3. The highest BCUT2D eigenvalue weighted by atomic mass is 35.5. The van der Waals surface area contributed by atoms with Crippen molar-refractivity contribution in [3.8, 4) is 6.07 Å². The Morgan fingerprint density at radius 2 is 2.19 bits per heavy atom. The van der Waals surface area contributed by atoms with Crippen molar-refractivity contribution < 1.29 is 0 Å². The van der Waals surface area contributed by atoms with Crippen LogP contribution in [0.1, 0.15) is 19.0 Å². The molecule has 1 unspecified atom stereocenters. The van der Waals surface area contributed by atoms with Gasteiger partial charge in [0.1, 0.15) is 0 Å². The lowest BCUT2D eigenvalue weighted by Gasteiger charge is -2.25. The summed E-state index contributed by atoms with van der Waals surface area (Å²) in [6.07, 6.45) is 0.399. The maximum absolute atomic E-state index is 8.64. The second-order valence-corrected chi connectivity index (χ2v) is 3.98. The van der Waals surface area contributed by atoms with Gasteiger partial charge < -0.3 is 10.6 Å². The third-order valence-corrected chi connectivity index (χ3v) is 2.64. The number of nitriles is 1. The molecule has 16 heavy (non-hydrogen) atoms. The number of nitrogen functional groups attached to an aromatic ring is 1. The minimum Gasteiger partial charge on any atom is -0.394 e. The van der Waals surface area contributed by atoms with Crippen LogP contribution < -0.4 is 10.6 Å². The van der Waals surface area contributed by atoms with Gasteiger partial charge in [-0.3, -0.25) is 0 Å². The van der Waals surface area contributed by atoms with E-state index in [0.29, 0.717) is 23.6 Å². The van der Waals surface area contributed by atoms with Gasteiger partial charge in [-0.25, -0.2) is 4.98 Å². The van der Waals surface area contributed by atoms with Crippen molar-refractivity contribution in [2.75, 3.05) is 17.7 Å². The molecule has 1 aromatic heterocycles. The van der Waals surface area contributed by atoms with Gasteiger partial charge in [0.2, 0.25) is 5.28 Å². The molecular weight excluding hydrogens is 226 g/mol. The number of aromatic nitrogens is 2. The monoisotopic (exact) mass is 239 g/mol. The van der Waals surface area contributed by atoms with E-state index in [2.05, 4.69) is 16.0 Å². The third kappa shape index (κ3) is 2.52. The SMILES string of the molecule is Cc1nc(Cl)nc(N(C)C(C)CC#N)c1N. The lowest BCUT2D eigenvalue weighted by molar-refractivity contribution is 0.693. The number of hydrogen-bond donors (Lipinski definition) is 1. The summed E-state index contributed by atoms with van der Waals surface area (Å²) in [4.78, 5) is 9.87. The van der Waals surface area contributed by atoms with E-state index in [9.17, 15) is 0 Å². The number of rotatable bonds is 3. The minimum absolute atomic E-state index is 0.0256. The number of anilines is 2. The number of nitrogens with zero attached hydrogens (tertiary/aromatic N) is 4. The number of aryl methyl sites for hydroxylation is 1. The first-order chi connectivity index (χ1) is 7.47. The molecule has 0 aliphatic heterocycles. The van der Waals surface area contributed by atoms with Gasteiger partial charge in [0.15, 0.2) is 5.82 Å². The van der Waals surface area contributed by atoms with Crippen LogP contribution in [0.15, 0.2) is 0 Å². The highest BCUT2D eigenvalue weighted by Gasteiger charge is 2.16. The predicted molar refractivity (Wildman–Crippen MR) is 64.3 cm³/mol. The van der Waals surface area contributed by atoms with E-state index in [-0.39, 0.29) is 11.3 Å². The van der Waals surface area contributed by atoms with Gasteiger partial charge in [-0.05, 0) is 25.4 Å². The van der Waals surface area contributed by atoms with E-state index in [4.69, 9.17) is 22.6 Å². The summed E-state index contributed by atoms with van der Waals surface area (Å²) < 4.78 is 0. The van der Waals surface area contributed by atoms with E-state index in [1.54, 1.807) is 6.92 Å². The second-order valence-electron chi connectivity index (χ2n) is 3.64. The molecular formula is C10H14ClN5. The van der Waals surface area contributed by atoms with Crippen molar-refractivity contribution in [2.45, 2.75) is 26.3 Å². The molecule has 0 bridgehead atoms. The number of nitrogens with two attached hydrogens (primary N) is 1. The molecule has 0 spiro atoms. The van der Waals surface area contributed by atoms with Gasteiger partial charge in [-0.1, -0.05) is 0 Å². The first-order valence-electron chi connectivity index (χ1n) is 4.86. The zero-order chi connectivity index (χ0) is 12.3. The average Bonchev–Trinajstić information content (AvgIpc) is 2.22. The molecule has 1 atom stereocenters. The summed E-state index contributed by atoms with van der Waals surface area (Å²) in [7, 11) is 1.83. The molecule has 1 heterocycles. The van der Waals surface area contributed by atoms with Crippen LogP contribution >= 0.6 is 11.6 Å². The molecule has 0 saturated carbocycles. The van der Waals surface area contributed by atoms with Crippen LogP contribution in [-0.4, -0.2) is 23.1 Å². The topological polar surface area (TPSA) is 78.8 Å². The second kappa shape index (κ2) is 4.99. The molecule has 1 aromatic rings. The largest absolute Gasteiger partial charge is 0.394 e. The first kappa shape index (κ1) is 12.5. The zero-order valence-electron chi connectivity index (χ0n) is 9.53. The molecule has 0 saturated heterocycles. The Hall–Kier alpha value is -1.54. The maximum Gasteiger partial charge on any atom is 0.224 e. The average molecular weight is 240 g/mol. The first-order valence-corrected chi connectivity index (χ1v) is 5.24. The molecule has 6 heteroatoms. The molecule has 0 fully saturated rings. The fourth-order valence-electron chi connectivity index (χ4n) is 1.28. The van der Waals surface area contributed by atoms with Crippen LogP contribution in [0.4, 0.5) is 11.5 Å². The molecule has 0 amide bonds. The molecule has 0 radical (unpaired) electrons. The smallest absolute Gasteiger partial charge is 0.224 e. The lowest BCUT2D eigenvalue weighted by atomic mass is 10.2. The molecule has 0 aliphatic carbocycles. The van der Waals surface area contributed by atoms with Crippen molar-refractivity contribution in [1.82, 2.24) is 9.97 Å². The van der Waals surface area contributed by atoms with E-state index >= 15 is 0 Å². The normalized spacial score (nSPS) is 11.9. The molecule has 0 aliphatic rings. The molecule has 1 rings (SSSR count). The van der Waals surface area contributed by atoms with Crippen LogP contribution in [0.25, 0.3) is 0 Å². The van der Waals surface area contributed by atoms with Crippen LogP contribution in [0.5, 0.6) is 0 Å². The lowest BCUT2D eigenvalue weighted by Crippen LogP contribution is -2.30. The predicted octanol–water partition coefficient (Wildman–Crippen LogP) is 1.76. The quantitative estimate of drug-likeness (QED) is 0.813. The molecule has 5 nitrogen and oxygen atoms in total. The van der Waals surface area contributed by atoms with Crippen LogP contribution in [0.2, 0.25) is 5.28 Å². The Kier molecular flexibility index (Phi) is 3.91. The number of hydrogen-bond acceptors (Lipinski definition) is 5. The Morgan fingerprint density at radius 3 is 2.75 bits per heavy atom. The van der Waals surface area contributed by atoms with Gasteiger partial charge in [0.25, 0.3) is 0 Å². The Morgan fingerprint density at radius 1 is 1.56 bits per heavy atom. The van der Waals surface area contributed by atoms with E-state index in [1.807, 2.05) is 18.9 Å². The van der Waals surface area contributed by atoms with E-state index in [0.717, 1.165) is 0 Å². The van der Waals surface area contributed by atoms with Crippen molar-refractivity contribution in [3.63, 3.8) is 0 Å². The van der Waals surface area contributed by atoms with Gasteiger partial charge in [-0.15, -0.1) is 0 Å². The minimum atomic E-state index is 0.0256. The fourth-order valence-corrected chi connectivity index (χ4v) is 1.49. The Bertz CT molecular complexity index is 426. The summed E-state index contributed by atoms with van der Waals surface area (Å²) in [5.41, 5.74) is 7.02. The van der Waals surface area contributed by atoms with Gasteiger partial charge in [-0.2, -0.15) is 10.2 Å². The van der Waals surface area contributed by atoms with Crippen LogP contribution in [0.3, 0.4) is 0 Å². The highest BCUT2D eigenvalue weighted by molar-refractivity contribution is 6.28. The van der Waals surface area contributed by atoms with Gasteiger partial charge >= 0.3 is 0 Å². The Balaban J connectivity index is 3.08. The summed E-state index contributed by atoms with van der Waals surface area (Å²) in [6.45, 7) is 3.70. The summed E-state index contributed by atoms with van der Waals surface area (Å²) in [5.74, 6) is 0.570. The van der Waals surface area contributed by atoms with E-state index in [1.165, 1.54) is 0 Å². The van der Waals surface area contributed by atoms with Crippen molar-refractivity contribution in [1.29, 1.82) is 5.26 Å². The maximum atomic E-state index is 8.64. The zero-order valence-corrected chi connectivity index (χ0v) is 10.3. The summed E-state index contributed by atoms with van der Waals surface area (Å²) >= 11 is 5.78. The van der Waals surface area contributed by atoms with Crippen molar-refractivity contribution >= 4 is 23.1 Å². The van der Waals surface area contributed by atoms with Crippen molar-refractivity contribution in [3.05, 3.63) is 11.0 Å². The highest BCUT2D eigenvalue weighted by Crippen LogP contribution is 2.25. The van der Waals surface area contributed by atoms with Gasteiger partial charge in [0, 0.05) is 13.1 Å². The van der Waals surface area contributed by atoms with Crippen LogP contribution in [-0.2, 0) is 0 Å². The molecule has 0 aromatic carbocycles. The number of halogens is 1. The molecule has 86 valence electrons. The third-order valence-electron chi connectivity index (χ3n) is 2.47. The fraction of sp³-hybridized carbons (Fsp3) is 0.500. The van der Waals surface area contributed by atoms with Crippen LogP contribution in [0, 0.1) is 18.3 Å². The van der Waals surface area contributed by atoms with E-state index < -0.39 is 0 Å². The van der Waals surface area contributed by atoms with Gasteiger partial charge in [0.05, 0.1) is 23.9 Å². The van der Waals surface area contributed by atoms with Crippen molar-refractivity contribution in [2.24, 2.45) is 0 Å². The Labute approximate surface area is 99.9 Å².